The summed E-state index contributed by atoms with van der Waals surface area (Å²) in [5.74, 6) is -19.2. The first-order valence-corrected chi connectivity index (χ1v) is 47.1. The Morgan fingerprint density at radius 1 is 0.544 bits per heavy atom. The number of nitrogens with zero attached hydrogens (tertiary/aromatic N) is 5. The number of aromatic amines is 3. The van der Waals surface area contributed by atoms with Crippen LogP contribution in [0.4, 0.5) is 0 Å². The molecule has 9 rings (SSSR count). The number of amides is 17. The van der Waals surface area contributed by atoms with Crippen molar-refractivity contribution in [1.82, 2.24) is 98.0 Å². The van der Waals surface area contributed by atoms with Gasteiger partial charge in [-0.1, -0.05) is 102 Å². The Hall–Kier alpha value is -13.5. The van der Waals surface area contributed by atoms with E-state index >= 15 is 38.4 Å². The number of rotatable bonds is 28. The van der Waals surface area contributed by atoms with Crippen LogP contribution in [-0.4, -0.2) is 304 Å². The highest BCUT2D eigenvalue weighted by atomic mass is 32.2. The number of fused-ring (bicyclic) bond motifs is 4. The Morgan fingerprint density at radius 2 is 1.08 bits per heavy atom. The third-order valence-corrected chi connectivity index (χ3v) is 25.2. The smallest absolute Gasteiger partial charge is 0.303 e. The number of aromatic hydroxyl groups is 1. The second-order valence-corrected chi connectivity index (χ2v) is 36.2. The van der Waals surface area contributed by atoms with Crippen LogP contribution in [0.5, 0.6) is 5.75 Å². The number of aliphatic hydroxyl groups is 1. The highest BCUT2D eigenvalue weighted by Gasteiger charge is 2.47. The minimum atomic E-state index is -1.79. The number of H-pyrrole nitrogens is 3. The molecule has 23 N–H and O–H groups in total. The molecule has 3 fully saturated rings. The van der Waals surface area contributed by atoms with Crippen LogP contribution in [0.1, 0.15) is 160 Å². The number of carbonyl (C=O) groups excluding carboxylic acids is 17. The van der Waals surface area contributed by atoms with Crippen molar-refractivity contribution in [3.8, 4) is 5.75 Å². The Morgan fingerprint density at radius 3 is 1.68 bits per heavy atom. The highest BCUT2D eigenvalue weighted by Crippen LogP contribution is 2.28. The highest BCUT2D eigenvalue weighted by molar-refractivity contribution is 8.00. The van der Waals surface area contributed by atoms with Crippen molar-refractivity contribution in [3.63, 3.8) is 0 Å². The summed E-state index contributed by atoms with van der Waals surface area (Å²) in [5.41, 5.74) is 20.2. The van der Waals surface area contributed by atoms with Gasteiger partial charge < -0.3 is 126 Å². The van der Waals surface area contributed by atoms with Crippen molar-refractivity contribution in [2.75, 3.05) is 51.8 Å². The van der Waals surface area contributed by atoms with Gasteiger partial charge >= 0.3 is 5.97 Å². The van der Waals surface area contributed by atoms with E-state index in [1.165, 1.54) is 57.8 Å². The molecule has 0 bridgehead atoms. The van der Waals surface area contributed by atoms with Crippen LogP contribution >= 0.6 is 11.8 Å². The standard InChI is InChI=1S/C92H128N22O21S/c1-8-10-24-71-86(129)104-63(31-32-78(120)121)82(125)110-70(80(123)99-45-76(95)118)47-136-48-77(119)102-64(36-52-27-29-56(115)30-28-52)83(126)101-51(5)79(122)107-69(41-75(94)117)90(133)113-34-18-26-72(113)87(130)106-66(39-55-44-96-49-100-55)85(128)108-67(35-50(3)4)91(134)114-46-57(116)40-74(114)88(131)105-65(37-53-42-97-60-21-14-12-19-58(53)60)84(127)103-62(23-16-17-33-93)81(124)109-68(38-54-43-98-61-22-15-13-20-59(54)61)89(132)112(7)73(25-11-9-2)92(135)111(71)6/h12-15,19-22,27-30,42-44,49-51,57,62-74,97-98,115-116H,8-11,16-18,23-26,31-41,45-48,93H2,1-7H3,(H2,94,117)(H2,95,118)(H,96,100)(H,99,123)(H,101,126)(H,102,119)(H,103,127)(H,104,129)(H,105,131)(H,106,130)(H,107,122)(H,108,128)(H,109,124)(H,110,125)(H,120,121)/t51-,57-,62+,63+,64+,65+,66+,67+,68+,69+,70+,71+,72+,73+,74+/m1/s1. The first-order chi connectivity index (χ1) is 64.9. The Balaban J connectivity index is 1.11. The molecule has 6 aromatic rings. The number of hydrogen-bond donors (Lipinski definition) is 20. The molecule has 44 heteroatoms. The third-order valence-electron chi connectivity index (χ3n) is 24.2. The molecule has 17 amide bonds. The van der Waals surface area contributed by atoms with Crippen LogP contribution in [0.25, 0.3) is 21.8 Å². The number of thioether (sulfide) groups is 1. The predicted octanol–water partition coefficient (Wildman–Crippen LogP) is -1.53. The van der Waals surface area contributed by atoms with Gasteiger partial charge in [0, 0.05) is 118 Å². The summed E-state index contributed by atoms with van der Waals surface area (Å²) >= 11 is 0.708. The molecule has 3 aromatic carbocycles. The molecular formula is C92H128N22O21S. The number of carbonyl (C=O) groups is 18. The lowest BCUT2D eigenvalue weighted by atomic mass is 9.99. The summed E-state index contributed by atoms with van der Waals surface area (Å²) in [6.07, 6.45) is 3.01. The molecule has 3 saturated heterocycles. The lowest BCUT2D eigenvalue weighted by molar-refractivity contribution is -0.149. The van der Waals surface area contributed by atoms with Crippen LogP contribution < -0.4 is 75.7 Å². The minimum absolute atomic E-state index is 0.0154. The number of carboxylic acid groups (broad SMARTS) is 1. The van der Waals surface area contributed by atoms with Gasteiger partial charge in [-0.3, -0.25) is 86.3 Å². The molecule has 738 valence electrons. The lowest BCUT2D eigenvalue weighted by Crippen LogP contribution is -2.61. The first-order valence-electron chi connectivity index (χ1n) is 45.9. The van der Waals surface area contributed by atoms with E-state index in [9.17, 15) is 63.3 Å². The van der Waals surface area contributed by atoms with E-state index in [4.69, 9.17) is 17.2 Å². The lowest BCUT2D eigenvalue weighted by Gasteiger charge is -2.36. The molecule has 3 aliphatic heterocycles. The SMILES string of the molecule is CCCC[C@H]1C(=O)N(C)[C@@H](CCCC)C(=O)N[C@@H](CCC(=O)O)C(=O)N[C@H](C(=O)NCC(N)=O)CSCC(=O)N[C@@H](Cc2ccc(O)cc2)C(=O)N[C@H](C)C(=O)N[C@@H](CC(N)=O)C(=O)N2CCC[C@H]2C(=O)N[C@@H](Cc2cnc[nH]2)C(=O)N[C@@H](CC(C)C)C(=O)N2C[C@H](O)C[C@H]2C(=O)N[C@@H](Cc2c[nH]c3ccccc23)C(=O)N[C@@H](CCCCN)C(=O)N[C@@H](Cc2c[nH]c3ccccc23)C(=O)N1C. The van der Waals surface area contributed by atoms with E-state index in [1.807, 2.05) is 6.92 Å². The van der Waals surface area contributed by atoms with Crippen LogP contribution in [0.2, 0.25) is 0 Å². The number of phenols is 1. The molecule has 3 aliphatic rings. The summed E-state index contributed by atoms with van der Waals surface area (Å²) in [5, 5.41) is 62.1. The largest absolute Gasteiger partial charge is 0.508 e. The van der Waals surface area contributed by atoms with Crippen LogP contribution in [0, 0.1) is 5.92 Å². The Kier molecular flexibility index (Phi) is 40.0. The molecule has 15 atom stereocenters. The van der Waals surface area contributed by atoms with Gasteiger partial charge in [0.15, 0.2) is 0 Å². The maximum Gasteiger partial charge on any atom is 0.303 e. The molecule has 0 radical (unpaired) electrons. The Bertz CT molecular complexity index is 5220. The second-order valence-electron chi connectivity index (χ2n) is 35.1. The van der Waals surface area contributed by atoms with Gasteiger partial charge in [-0.25, -0.2) is 4.98 Å². The fourth-order valence-electron chi connectivity index (χ4n) is 16.9. The van der Waals surface area contributed by atoms with Gasteiger partial charge in [0.2, 0.25) is 100 Å². The molecule has 0 aliphatic carbocycles. The van der Waals surface area contributed by atoms with E-state index in [0.717, 1.165) is 19.6 Å². The number of nitrogens with two attached hydrogens (primary N) is 3. The Labute approximate surface area is 790 Å². The normalized spacial score (nSPS) is 24.6. The zero-order valence-corrected chi connectivity index (χ0v) is 78.2. The molecule has 0 saturated carbocycles. The fourth-order valence-corrected chi connectivity index (χ4v) is 17.7. The predicted molar refractivity (Wildman–Crippen MR) is 499 cm³/mol. The van der Waals surface area contributed by atoms with E-state index < -0.39 is 241 Å². The monoisotopic (exact) mass is 1910 g/mol. The van der Waals surface area contributed by atoms with Gasteiger partial charge in [-0.05, 0) is 118 Å². The van der Waals surface area contributed by atoms with Crippen molar-refractivity contribution >= 4 is 140 Å². The van der Waals surface area contributed by atoms with Gasteiger partial charge in [0.1, 0.15) is 90.3 Å². The number of hydrogen-bond acceptors (Lipinski definition) is 23. The summed E-state index contributed by atoms with van der Waals surface area (Å²) in [6.45, 7) is 7.19. The van der Waals surface area contributed by atoms with Gasteiger partial charge in [-0.2, -0.15) is 0 Å². The quantitative estimate of drug-likeness (QED) is 0.0248. The molecule has 3 aromatic heterocycles. The number of para-hydroxylation sites is 2. The van der Waals surface area contributed by atoms with Gasteiger partial charge in [-0.15, -0.1) is 11.8 Å². The number of aliphatic carboxylic acids is 1. The zero-order chi connectivity index (χ0) is 99.1. The second kappa shape index (κ2) is 51.3. The van der Waals surface area contributed by atoms with Crippen LogP contribution in [0.3, 0.4) is 0 Å². The maximum atomic E-state index is 15.9. The topological polar surface area (TPSA) is 652 Å². The minimum Gasteiger partial charge on any atom is -0.508 e. The van der Waals surface area contributed by atoms with Crippen molar-refractivity contribution in [2.45, 2.75) is 254 Å². The average molecular weight is 1910 g/mol. The number of carboxylic acids is 1. The molecule has 43 nitrogen and oxygen atoms in total. The first kappa shape index (κ1) is 106. The van der Waals surface area contributed by atoms with Crippen LogP contribution in [0.15, 0.2) is 97.7 Å². The van der Waals surface area contributed by atoms with Crippen LogP contribution in [-0.2, 0) is 112 Å². The number of primary amides is 2. The van der Waals surface area contributed by atoms with Crippen molar-refractivity contribution in [3.05, 3.63) is 120 Å². The summed E-state index contributed by atoms with van der Waals surface area (Å²) < 4.78 is 0. The number of benzene rings is 3. The molecule has 136 heavy (non-hydrogen) atoms. The maximum absolute atomic E-state index is 15.9. The summed E-state index contributed by atoms with van der Waals surface area (Å²) in [7, 11) is 2.67. The number of imidazole rings is 1. The molecule has 0 unspecified atom stereocenters. The number of unbranched alkanes of at least 4 members (excludes halogenated alkanes) is 3. The van der Waals surface area contributed by atoms with Crippen molar-refractivity contribution in [2.24, 2.45) is 23.1 Å². The molecule has 0 spiro atoms. The molecular weight excluding hydrogens is 1780 g/mol. The number of nitrogens with one attached hydrogen (secondary N) is 14. The average Bonchev–Trinajstić information content (AvgIpc) is 1.61. The number of aromatic nitrogens is 4. The number of aliphatic hydroxyl groups excluding tert-OH is 1. The van der Waals surface area contributed by atoms with Crippen molar-refractivity contribution in [1.29, 1.82) is 0 Å². The number of likely N-dealkylation sites (N-methyl/N-ethyl adjacent to an activating group) is 2. The van der Waals surface area contributed by atoms with E-state index in [2.05, 4.69) is 78.4 Å². The van der Waals surface area contributed by atoms with Crippen molar-refractivity contribution < 1.29 is 102 Å². The molecule has 6 heterocycles. The number of phenolic OH excluding ortho intramolecular Hbond substituents is 1. The van der Waals surface area contributed by atoms with E-state index in [1.54, 1.807) is 81.7 Å². The van der Waals surface area contributed by atoms with E-state index in [0.29, 0.717) is 81.6 Å². The summed E-state index contributed by atoms with van der Waals surface area (Å²) in [4.78, 5) is 281. The van der Waals surface area contributed by atoms with Gasteiger partial charge in [0.25, 0.3) is 0 Å². The fraction of sp³-hybridized carbons (Fsp3) is 0.533. The third kappa shape index (κ3) is 30.2. The van der Waals surface area contributed by atoms with E-state index in [-0.39, 0.29) is 108 Å². The summed E-state index contributed by atoms with van der Waals surface area (Å²) in [6, 6.07) is -2.08. The zero-order valence-electron chi connectivity index (χ0n) is 77.4. The van der Waals surface area contributed by atoms with Gasteiger partial charge in [0.05, 0.1) is 31.1 Å².